The van der Waals surface area contributed by atoms with E-state index in [-0.39, 0.29) is 0 Å². The highest BCUT2D eigenvalue weighted by Gasteiger charge is 2.19. The monoisotopic (exact) mass is 308 g/mol. The molecular weight excluding hydrogens is 268 g/mol. The molecule has 0 saturated heterocycles. The largest absolute Gasteiger partial charge is 0.498 e. The minimum atomic E-state index is 0.801. The molecule has 0 saturated carbocycles. The normalized spacial score (nSPS) is 16.7. The van der Waals surface area contributed by atoms with Crippen LogP contribution in [0.4, 0.5) is 0 Å². The Bertz CT molecular complexity index is 292. The minimum Gasteiger partial charge on any atom is -0.498 e. The van der Waals surface area contributed by atoms with Gasteiger partial charge in [0.25, 0.3) is 0 Å². The lowest BCUT2D eigenvalue weighted by Gasteiger charge is -2.26. The standard InChI is InChI=1S/C21H40O/c1-4-6-7-8-9-10-11-12-13-16-20(15-5-2)21-17-14-18-22-19(21)3/h20H,4-18H2,1-3H3. The van der Waals surface area contributed by atoms with E-state index in [0.29, 0.717) is 0 Å². The highest BCUT2D eigenvalue weighted by atomic mass is 16.5. The molecule has 1 aliphatic heterocycles. The number of ether oxygens (including phenoxy) is 1. The Hall–Kier alpha value is -0.460. The van der Waals surface area contributed by atoms with E-state index >= 15 is 0 Å². The molecule has 130 valence electrons. The van der Waals surface area contributed by atoms with Crippen molar-refractivity contribution in [2.45, 2.75) is 111 Å². The van der Waals surface area contributed by atoms with Crippen LogP contribution >= 0.6 is 0 Å². The van der Waals surface area contributed by atoms with Gasteiger partial charge in [-0.3, -0.25) is 0 Å². The third-order valence-electron chi connectivity index (χ3n) is 5.15. The van der Waals surface area contributed by atoms with E-state index < -0.39 is 0 Å². The van der Waals surface area contributed by atoms with Gasteiger partial charge in [0, 0.05) is 0 Å². The Kier molecular flexibility index (Phi) is 11.6. The van der Waals surface area contributed by atoms with Crippen molar-refractivity contribution >= 4 is 0 Å². The maximum atomic E-state index is 5.79. The van der Waals surface area contributed by atoms with Crippen molar-refractivity contribution in [3.05, 3.63) is 11.3 Å². The molecular formula is C21H40O. The van der Waals surface area contributed by atoms with Crippen LogP contribution in [0.15, 0.2) is 11.3 Å². The fourth-order valence-corrected chi connectivity index (χ4v) is 3.79. The van der Waals surface area contributed by atoms with E-state index in [1.807, 2.05) is 0 Å². The first-order valence-corrected chi connectivity index (χ1v) is 10.1. The van der Waals surface area contributed by atoms with E-state index in [4.69, 9.17) is 4.74 Å². The van der Waals surface area contributed by atoms with Crippen molar-refractivity contribution in [2.75, 3.05) is 6.61 Å². The van der Waals surface area contributed by atoms with Crippen molar-refractivity contribution in [3.63, 3.8) is 0 Å². The summed E-state index contributed by atoms with van der Waals surface area (Å²) in [5, 5.41) is 0. The zero-order chi connectivity index (χ0) is 16.0. The van der Waals surface area contributed by atoms with E-state index in [1.54, 1.807) is 5.57 Å². The maximum Gasteiger partial charge on any atom is 0.0923 e. The average Bonchev–Trinajstić information content (AvgIpc) is 2.53. The second-order valence-corrected chi connectivity index (χ2v) is 7.14. The number of rotatable bonds is 13. The summed E-state index contributed by atoms with van der Waals surface area (Å²) < 4.78 is 5.79. The SMILES string of the molecule is CCCCCCCCCCCC(CCC)C1=C(C)OCCC1. The van der Waals surface area contributed by atoms with Crippen LogP contribution in [-0.4, -0.2) is 6.61 Å². The molecule has 1 nitrogen and oxygen atoms in total. The molecule has 1 heterocycles. The molecule has 0 aromatic rings. The molecule has 1 atom stereocenters. The van der Waals surface area contributed by atoms with Gasteiger partial charge in [0.15, 0.2) is 0 Å². The summed E-state index contributed by atoms with van der Waals surface area (Å²) in [6.07, 6.45) is 19.4. The molecule has 1 unspecified atom stereocenters. The lowest BCUT2D eigenvalue weighted by atomic mass is 9.85. The molecule has 0 N–H and O–H groups in total. The molecule has 0 aromatic carbocycles. The molecule has 0 amide bonds. The number of allylic oxidation sites excluding steroid dienone is 2. The van der Waals surface area contributed by atoms with Crippen LogP contribution in [0.3, 0.4) is 0 Å². The Labute approximate surface area is 139 Å². The second-order valence-electron chi connectivity index (χ2n) is 7.14. The number of unbranched alkanes of at least 4 members (excludes halogenated alkanes) is 8. The molecule has 0 spiro atoms. The molecule has 0 radical (unpaired) electrons. The van der Waals surface area contributed by atoms with E-state index in [1.165, 1.54) is 95.7 Å². The van der Waals surface area contributed by atoms with Gasteiger partial charge in [-0.05, 0) is 44.1 Å². The van der Waals surface area contributed by atoms with Gasteiger partial charge >= 0.3 is 0 Å². The zero-order valence-corrected chi connectivity index (χ0v) is 15.6. The Morgan fingerprint density at radius 2 is 1.45 bits per heavy atom. The van der Waals surface area contributed by atoms with Gasteiger partial charge in [-0.2, -0.15) is 0 Å². The Morgan fingerprint density at radius 1 is 0.818 bits per heavy atom. The van der Waals surface area contributed by atoms with Gasteiger partial charge < -0.3 is 4.74 Å². The topological polar surface area (TPSA) is 9.23 Å². The predicted octanol–water partition coefficient (Wildman–Crippen LogP) is 7.41. The Balaban J connectivity index is 2.14. The van der Waals surface area contributed by atoms with E-state index in [0.717, 1.165) is 12.5 Å². The zero-order valence-electron chi connectivity index (χ0n) is 15.6. The fraction of sp³-hybridized carbons (Fsp3) is 0.905. The third-order valence-corrected chi connectivity index (χ3v) is 5.15. The second kappa shape index (κ2) is 13.0. The first-order chi connectivity index (χ1) is 10.8. The molecule has 0 fully saturated rings. The smallest absolute Gasteiger partial charge is 0.0923 e. The quantitative estimate of drug-likeness (QED) is 0.322. The summed E-state index contributed by atoms with van der Waals surface area (Å²) >= 11 is 0. The molecule has 1 heteroatoms. The first-order valence-electron chi connectivity index (χ1n) is 10.1. The average molecular weight is 309 g/mol. The predicted molar refractivity (Wildman–Crippen MR) is 98.1 cm³/mol. The summed E-state index contributed by atoms with van der Waals surface area (Å²) in [4.78, 5) is 0. The third kappa shape index (κ3) is 8.25. The van der Waals surface area contributed by atoms with Crippen LogP contribution in [0.1, 0.15) is 111 Å². The highest BCUT2D eigenvalue weighted by Crippen LogP contribution is 2.32. The van der Waals surface area contributed by atoms with Crippen LogP contribution in [0.25, 0.3) is 0 Å². The van der Waals surface area contributed by atoms with Crippen molar-refractivity contribution in [1.29, 1.82) is 0 Å². The summed E-state index contributed by atoms with van der Waals surface area (Å²) in [6, 6.07) is 0. The van der Waals surface area contributed by atoms with Gasteiger partial charge in [0.1, 0.15) is 0 Å². The van der Waals surface area contributed by atoms with Crippen LogP contribution in [0, 0.1) is 5.92 Å². The van der Waals surface area contributed by atoms with Crippen molar-refractivity contribution < 1.29 is 4.74 Å². The molecule has 0 aliphatic carbocycles. The molecule has 1 aliphatic rings. The Morgan fingerprint density at radius 3 is 2.05 bits per heavy atom. The van der Waals surface area contributed by atoms with Crippen molar-refractivity contribution in [1.82, 2.24) is 0 Å². The van der Waals surface area contributed by atoms with Crippen molar-refractivity contribution in [3.8, 4) is 0 Å². The van der Waals surface area contributed by atoms with Crippen LogP contribution in [0.2, 0.25) is 0 Å². The van der Waals surface area contributed by atoms with Gasteiger partial charge in [-0.15, -0.1) is 0 Å². The molecule has 0 aromatic heterocycles. The van der Waals surface area contributed by atoms with Crippen LogP contribution in [0.5, 0.6) is 0 Å². The highest BCUT2D eigenvalue weighted by molar-refractivity contribution is 5.12. The summed E-state index contributed by atoms with van der Waals surface area (Å²) in [5.74, 6) is 2.05. The molecule has 22 heavy (non-hydrogen) atoms. The lowest BCUT2D eigenvalue weighted by molar-refractivity contribution is 0.180. The van der Waals surface area contributed by atoms with Crippen molar-refractivity contribution in [2.24, 2.45) is 5.92 Å². The summed E-state index contributed by atoms with van der Waals surface area (Å²) in [6.45, 7) is 7.74. The first kappa shape index (κ1) is 19.6. The van der Waals surface area contributed by atoms with Gasteiger partial charge in [-0.25, -0.2) is 0 Å². The van der Waals surface area contributed by atoms with Gasteiger partial charge in [-0.1, -0.05) is 78.1 Å². The van der Waals surface area contributed by atoms with Crippen LogP contribution in [-0.2, 0) is 4.74 Å². The summed E-state index contributed by atoms with van der Waals surface area (Å²) in [7, 11) is 0. The lowest BCUT2D eigenvalue weighted by Crippen LogP contribution is -2.13. The van der Waals surface area contributed by atoms with Crippen LogP contribution < -0.4 is 0 Å². The minimum absolute atomic E-state index is 0.801. The van der Waals surface area contributed by atoms with E-state index in [2.05, 4.69) is 20.8 Å². The van der Waals surface area contributed by atoms with E-state index in [9.17, 15) is 0 Å². The summed E-state index contributed by atoms with van der Waals surface area (Å²) in [5.41, 5.74) is 1.65. The fourth-order valence-electron chi connectivity index (χ4n) is 3.79. The number of hydrogen-bond donors (Lipinski definition) is 0. The maximum absolute atomic E-state index is 5.79. The number of hydrogen-bond acceptors (Lipinski definition) is 1. The van der Waals surface area contributed by atoms with Gasteiger partial charge in [0.05, 0.1) is 12.4 Å². The molecule has 0 bridgehead atoms. The van der Waals surface area contributed by atoms with Gasteiger partial charge in [0.2, 0.25) is 0 Å². The molecule has 1 rings (SSSR count).